The van der Waals surface area contributed by atoms with Crippen molar-refractivity contribution in [3.63, 3.8) is 0 Å². The van der Waals surface area contributed by atoms with Crippen molar-refractivity contribution in [1.82, 2.24) is 0 Å². The number of carbonyl (C=O) groups excluding carboxylic acids is 2. The van der Waals surface area contributed by atoms with E-state index in [-0.39, 0.29) is 5.91 Å². The molecule has 0 spiro atoms. The van der Waals surface area contributed by atoms with Crippen LogP contribution >= 0.6 is 11.3 Å². The summed E-state index contributed by atoms with van der Waals surface area (Å²) in [5.41, 5.74) is 1.89. The van der Waals surface area contributed by atoms with E-state index in [2.05, 4.69) is 5.32 Å². The number of hydrogen-bond donors (Lipinski definition) is 1. The van der Waals surface area contributed by atoms with Crippen LogP contribution in [0.5, 0.6) is 5.75 Å². The number of fused-ring (bicyclic) bond motifs is 1. The van der Waals surface area contributed by atoms with Crippen molar-refractivity contribution in [3.8, 4) is 5.75 Å². The molecular weight excluding hydrogens is 350 g/mol. The van der Waals surface area contributed by atoms with E-state index in [0.717, 1.165) is 12.8 Å². The third-order valence-corrected chi connectivity index (χ3v) is 5.68. The van der Waals surface area contributed by atoms with Crippen LogP contribution in [0.4, 0.5) is 5.69 Å². The van der Waals surface area contributed by atoms with E-state index >= 15 is 0 Å². The van der Waals surface area contributed by atoms with E-state index in [1.165, 1.54) is 34.6 Å². The number of thiophene rings is 1. The minimum Gasteiger partial charge on any atom is -0.497 e. The monoisotopic (exact) mass is 373 g/mol. The second kappa shape index (κ2) is 8.36. The van der Waals surface area contributed by atoms with Gasteiger partial charge in [-0.05, 0) is 68.0 Å². The summed E-state index contributed by atoms with van der Waals surface area (Å²) in [5.74, 6) is -0.0309. The zero-order chi connectivity index (χ0) is 18.5. The molecule has 1 atom stereocenters. The summed E-state index contributed by atoms with van der Waals surface area (Å²) in [5, 5.41) is 2.78. The average Bonchev–Trinajstić information content (AvgIpc) is 3.10. The van der Waals surface area contributed by atoms with Crippen molar-refractivity contribution in [2.75, 3.05) is 12.4 Å². The summed E-state index contributed by atoms with van der Waals surface area (Å²) >= 11 is 1.50. The van der Waals surface area contributed by atoms with Gasteiger partial charge in [0, 0.05) is 10.6 Å². The summed E-state index contributed by atoms with van der Waals surface area (Å²) in [4.78, 5) is 26.8. The Balaban J connectivity index is 1.63. The Morgan fingerprint density at radius 2 is 1.92 bits per heavy atom. The molecule has 0 bridgehead atoms. The molecule has 0 radical (unpaired) electrons. The maximum atomic E-state index is 12.5. The Kier molecular flexibility index (Phi) is 5.93. The predicted molar refractivity (Wildman–Crippen MR) is 102 cm³/mol. The van der Waals surface area contributed by atoms with Gasteiger partial charge < -0.3 is 14.8 Å². The number of rotatable bonds is 6. The Labute approximate surface area is 157 Å². The molecule has 6 heteroatoms. The molecule has 1 aliphatic rings. The van der Waals surface area contributed by atoms with Crippen LogP contribution in [-0.2, 0) is 22.4 Å². The number of methoxy groups -OCH3 is 1. The normalized spacial score (nSPS) is 14.2. The summed E-state index contributed by atoms with van der Waals surface area (Å²) < 4.78 is 10.6. The van der Waals surface area contributed by atoms with E-state index in [1.807, 2.05) is 13.0 Å². The fourth-order valence-electron chi connectivity index (χ4n) is 3.00. The highest BCUT2D eigenvalue weighted by Gasteiger charge is 2.24. The molecule has 1 unspecified atom stereocenters. The number of hydrogen-bond acceptors (Lipinski definition) is 5. The van der Waals surface area contributed by atoms with Gasteiger partial charge in [0.2, 0.25) is 0 Å². The highest BCUT2D eigenvalue weighted by Crippen LogP contribution is 2.30. The first-order chi connectivity index (χ1) is 12.6. The average molecular weight is 373 g/mol. The van der Waals surface area contributed by atoms with Crippen LogP contribution in [0.3, 0.4) is 0 Å². The molecule has 138 valence electrons. The maximum absolute atomic E-state index is 12.5. The summed E-state index contributed by atoms with van der Waals surface area (Å²) in [6.07, 6.45) is 3.99. The van der Waals surface area contributed by atoms with Crippen molar-refractivity contribution in [3.05, 3.63) is 45.6 Å². The van der Waals surface area contributed by atoms with E-state index < -0.39 is 12.1 Å². The number of esters is 1. The number of carbonyl (C=O) groups is 2. The molecule has 1 amide bonds. The molecule has 2 aromatic rings. The molecule has 1 N–H and O–H groups in total. The lowest BCUT2D eigenvalue weighted by atomic mass is 9.99. The van der Waals surface area contributed by atoms with Gasteiger partial charge >= 0.3 is 5.97 Å². The Bertz CT molecular complexity index is 758. The zero-order valence-corrected chi connectivity index (χ0v) is 15.9. The smallest absolute Gasteiger partial charge is 0.349 e. The molecular formula is C20H23NO4S. The quantitative estimate of drug-likeness (QED) is 0.771. The highest BCUT2D eigenvalue weighted by molar-refractivity contribution is 7.14. The lowest BCUT2D eigenvalue weighted by Gasteiger charge is -2.15. The molecule has 1 aromatic carbocycles. The van der Waals surface area contributed by atoms with Gasteiger partial charge in [0.15, 0.2) is 6.10 Å². The van der Waals surface area contributed by atoms with E-state index in [0.29, 0.717) is 22.7 Å². The van der Waals surface area contributed by atoms with Gasteiger partial charge in [-0.3, -0.25) is 4.79 Å². The van der Waals surface area contributed by atoms with Crippen LogP contribution in [0.1, 0.15) is 46.3 Å². The van der Waals surface area contributed by atoms with Crippen LogP contribution in [0, 0.1) is 0 Å². The second-order valence-corrected chi connectivity index (χ2v) is 7.42. The second-order valence-electron chi connectivity index (χ2n) is 6.29. The predicted octanol–water partition coefficient (Wildman–Crippen LogP) is 4.21. The Morgan fingerprint density at radius 3 is 2.58 bits per heavy atom. The number of aryl methyl sites for hydroxylation is 2. The number of benzene rings is 1. The van der Waals surface area contributed by atoms with Gasteiger partial charge in [-0.1, -0.05) is 6.92 Å². The number of anilines is 1. The van der Waals surface area contributed by atoms with E-state index in [1.54, 1.807) is 31.4 Å². The van der Waals surface area contributed by atoms with Crippen molar-refractivity contribution < 1.29 is 19.1 Å². The molecule has 1 heterocycles. The summed E-state index contributed by atoms with van der Waals surface area (Å²) in [6, 6.07) is 8.95. The Morgan fingerprint density at radius 1 is 1.19 bits per heavy atom. The summed E-state index contributed by atoms with van der Waals surface area (Å²) in [6.45, 7) is 1.82. The van der Waals surface area contributed by atoms with Crippen molar-refractivity contribution >= 4 is 28.9 Å². The first-order valence-electron chi connectivity index (χ1n) is 8.88. The van der Waals surface area contributed by atoms with E-state index in [4.69, 9.17) is 9.47 Å². The molecule has 0 fully saturated rings. The lowest BCUT2D eigenvalue weighted by Crippen LogP contribution is -2.31. The molecule has 3 rings (SSSR count). The van der Waals surface area contributed by atoms with Crippen LogP contribution in [-0.4, -0.2) is 25.1 Å². The van der Waals surface area contributed by atoms with Crippen molar-refractivity contribution in [2.24, 2.45) is 0 Å². The van der Waals surface area contributed by atoms with Gasteiger partial charge in [0.1, 0.15) is 10.6 Å². The van der Waals surface area contributed by atoms with Gasteiger partial charge in [-0.25, -0.2) is 4.79 Å². The standard InChI is InChI=1S/C20H23NO4S/c1-3-16(19(22)21-14-8-10-15(24-2)11-9-14)25-20(23)18-12-13-6-4-5-7-17(13)26-18/h8-12,16H,3-7H2,1-2H3,(H,21,22). The van der Waals surface area contributed by atoms with Gasteiger partial charge in [0.05, 0.1) is 7.11 Å². The zero-order valence-electron chi connectivity index (χ0n) is 15.0. The van der Waals surface area contributed by atoms with Gasteiger partial charge in [0.25, 0.3) is 5.91 Å². The topological polar surface area (TPSA) is 64.6 Å². The molecule has 5 nitrogen and oxygen atoms in total. The number of nitrogens with one attached hydrogen (secondary N) is 1. The third-order valence-electron chi connectivity index (χ3n) is 4.47. The maximum Gasteiger partial charge on any atom is 0.349 e. The van der Waals surface area contributed by atoms with Crippen LogP contribution in [0.15, 0.2) is 30.3 Å². The SMILES string of the molecule is CCC(OC(=O)c1cc2c(s1)CCCC2)C(=O)Nc1ccc(OC)cc1. The lowest BCUT2D eigenvalue weighted by molar-refractivity contribution is -0.124. The number of amides is 1. The minimum absolute atomic E-state index is 0.327. The molecule has 1 aromatic heterocycles. The molecule has 0 saturated heterocycles. The third kappa shape index (κ3) is 4.25. The van der Waals surface area contributed by atoms with Crippen molar-refractivity contribution in [1.29, 1.82) is 0 Å². The molecule has 0 aliphatic heterocycles. The molecule has 0 saturated carbocycles. The first kappa shape index (κ1) is 18.5. The Hall–Kier alpha value is -2.34. The fourth-order valence-corrected chi connectivity index (χ4v) is 4.13. The van der Waals surface area contributed by atoms with E-state index in [9.17, 15) is 9.59 Å². The van der Waals surface area contributed by atoms with Crippen LogP contribution < -0.4 is 10.1 Å². The minimum atomic E-state index is -0.816. The summed E-state index contributed by atoms with van der Waals surface area (Å²) in [7, 11) is 1.59. The first-order valence-corrected chi connectivity index (χ1v) is 9.70. The number of ether oxygens (including phenoxy) is 2. The fraction of sp³-hybridized carbons (Fsp3) is 0.400. The van der Waals surface area contributed by atoms with Crippen molar-refractivity contribution in [2.45, 2.75) is 45.1 Å². The highest BCUT2D eigenvalue weighted by atomic mass is 32.1. The largest absolute Gasteiger partial charge is 0.497 e. The molecule has 26 heavy (non-hydrogen) atoms. The van der Waals surface area contributed by atoms with Gasteiger partial charge in [-0.2, -0.15) is 0 Å². The molecule has 1 aliphatic carbocycles. The van der Waals surface area contributed by atoms with Gasteiger partial charge in [-0.15, -0.1) is 11.3 Å². The van der Waals surface area contributed by atoms with Crippen LogP contribution in [0.25, 0.3) is 0 Å². The van der Waals surface area contributed by atoms with Crippen LogP contribution in [0.2, 0.25) is 0 Å².